The maximum atomic E-state index is 12.1. The van der Waals surface area contributed by atoms with Crippen molar-refractivity contribution in [3.05, 3.63) is 29.8 Å². The molecule has 1 aromatic carbocycles. The summed E-state index contributed by atoms with van der Waals surface area (Å²) in [5, 5.41) is 5.56. The molecule has 0 radical (unpaired) electrons. The van der Waals surface area contributed by atoms with Gasteiger partial charge in [0.2, 0.25) is 5.91 Å². The number of rotatable bonds is 5. The minimum atomic E-state index is -0.838. The van der Waals surface area contributed by atoms with Crippen LogP contribution < -0.4 is 10.6 Å². The van der Waals surface area contributed by atoms with Gasteiger partial charge in [-0.2, -0.15) is 0 Å². The van der Waals surface area contributed by atoms with Gasteiger partial charge in [0.15, 0.2) is 6.10 Å². The summed E-state index contributed by atoms with van der Waals surface area (Å²) in [4.78, 5) is 35.2. The molecule has 0 spiro atoms. The van der Waals surface area contributed by atoms with Crippen LogP contribution >= 0.6 is 0 Å². The van der Waals surface area contributed by atoms with Crippen molar-refractivity contribution in [3.8, 4) is 0 Å². The lowest BCUT2D eigenvalue weighted by atomic mass is 9.95. The van der Waals surface area contributed by atoms with Crippen LogP contribution in [0.15, 0.2) is 24.3 Å². The van der Waals surface area contributed by atoms with Gasteiger partial charge in [0, 0.05) is 18.7 Å². The van der Waals surface area contributed by atoms with Gasteiger partial charge in [-0.25, -0.2) is 4.79 Å². The molecule has 0 aliphatic heterocycles. The summed E-state index contributed by atoms with van der Waals surface area (Å²) < 4.78 is 5.22. The first-order chi connectivity index (χ1) is 11.5. The van der Waals surface area contributed by atoms with Gasteiger partial charge in [-0.15, -0.1) is 0 Å². The number of amides is 2. The normalized spacial score (nSPS) is 16.1. The standard InChI is InChI=1S/C18H24N2O4/c1-12(17(22)20-15-6-4-3-5-7-15)24-18(23)14-8-10-16(11-9-14)19-13(2)21/h8-12,15H,3-7H2,1-2H3,(H,19,21)(H,20,22). The van der Waals surface area contributed by atoms with Crippen LogP contribution in [0.3, 0.4) is 0 Å². The Hall–Kier alpha value is -2.37. The number of carbonyl (C=O) groups is 3. The van der Waals surface area contributed by atoms with Crippen molar-refractivity contribution < 1.29 is 19.1 Å². The van der Waals surface area contributed by atoms with Gasteiger partial charge in [0.05, 0.1) is 5.56 Å². The molecule has 0 bridgehead atoms. The summed E-state index contributed by atoms with van der Waals surface area (Å²) in [5.74, 6) is -1.00. The highest BCUT2D eigenvalue weighted by Gasteiger charge is 2.22. The first-order valence-corrected chi connectivity index (χ1v) is 8.34. The van der Waals surface area contributed by atoms with Crippen molar-refractivity contribution in [2.24, 2.45) is 0 Å². The lowest BCUT2D eigenvalue weighted by Crippen LogP contribution is -2.42. The van der Waals surface area contributed by atoms with E-state index in [1.165, 1.54) is 13.3 Å². The van der Waals surface area contributed by atoms with Crippen LogP contribution in [-0.2, 0) is 14.3 Å². The van der Waals surface area contributed by atoms with E-state index >= 15 is 0 Å². The fraction of sp³-hybridized carbons (Fsp3) is 0.500. The average Bonchev–Trinajstić information content (AvgIpc) is 2.55. The smallest absolute Gasteiger partial charge is 0.338 e. The van der Waals surface area contributed by atoms with E-state index in [1.807, 2.05) is 0 Å². The predicted molar refractivity (Wildman–Crippen MR) is 90.6 cm³/mol. The number of anilines is 1. The Morgan fingerprint density at radius 2 is 1.71 bits per heavy atom. The van der Waals surface area contributed by atoms with E-state index in [-0.39, 0.29) is 17.9 Å². The van der Waals surface area contributed by atoms with Crippen molar-refractivity contribution >= 4 is 23.5 Å². The van der Waals surface area contributed by atoms with Crippen LogP contribution in [-0.4, -0.2) is 29.9 Å². The molecule has 1 saturated carbocycles. The molecule has 24 heavy (non-hydrogen) atoms. The Morgan fingerprint density at radius 1 is 1.08 bits per heavy atom. The van der Waals surface area contributed by atoms with Crippen molar-refractivity contribution in [2.45, 2.75) is 58.1 Å². The third-order valence-electron chi connectivity index (χ3n) is 4.05. The number of benzene rings is 1. The number of nitrogens with one attached hydrogen (secondary N) is 2. The molecule has 0 saturated heterocycles. The fourth-order valence-electron chi connectivity index (χ4n) is 2.74. The summed E-state index contributed by atoms with van der Waals surface area (Å²) >= 11 is 0. The van der Waals surface area contributed by atoms with Crippen molar-refractivity contribution in [1.82, 2.24) is 5.32 Å². The van der Waals surface area contributed by atoms with Crippen molar-refractivity contribution in [3.63, 3.8) is 0 Å². The van der Waals surface area contributed by atoms with Crippen LogP contribution in [0.25, 0.3) is 0 Å². The van der Waals surface area contributed by atoms with Crippen molar-refractivity contribution in [2.75, 3.05) is 5.32 Å². The van der Waals surface area contributed by atoms with Crippen LogP contribution in [0.5, 0.6) is 0 Å². The van der Waals surface area contributed by atoms with E-state index in [9.17, 15) is 14.4 Å². The summed E-state index contributed by atoms with van der Waals surface area (Å²) in [6.45, 7) is 2.98. The third kappa shape index (κ3) is 5.37. The second-order valence-electron chi connectivity index (χ2n) is 6.15. The van der Waals surface area contributed by atoms with E-state index in [0.29, 0.717) is 11.3 Å². The van der Waals surface area contributed by atoms with E-state index in [4.69, 9.17) is 4.74 Å². The molecule has 2 amide bonds. The van der Waals surface area contributed by atoms with Crippen LogP contribution in [0.4, 0.5) is 5.69 Å². The molecule has 1 fully saturated rings. The molecular weight excluding hydrogens is 308 g/mol. The summed E-state index contributed by atoms with van der Waals surface area (Å²) in [6, 6.07) is 6.53. The molecule has 1 unspecified atom stereocenters. The maximum Gasteiger partial charge on any atom is 0.338 e. The zero-order valence-corrected chi connectivity index (χ0v) is 14.1. The highest BCUT2D eigenvalue weighted by Crippen LogP contribution is 2.17. The lowest BCUT2D eigenvalue weighted by Gasteiger charge is -2.24. The van der Waals surface area contributed by atoms with E-state index in [1.54, 1.807) is 31.2 Å². The Kier molecular flexibility index (Phi) is 6.35. The molecule has 1 aliphatic carbocycles. The van der Waals surface area contributed by atoms with Gasteiger partial charge in [0.1, 0.15) is 0 Å². The summed E-state index contributed by atoms with van der Waals surface area (Å²) in [5.41, 5.74) is 0.934. The number of hydrogen-bond donors (Lipinski definition) is 2. The molecule has 6 heteroatoms. The number of esters is 1. The Labute approximate surface area is 142 Å². The Morgan fingerprint density at radius 3 is 2.29 bits per heavy atom. The first kappa shape index (κ1) is 18.0. The maximum absolute atomic E-state index is 12.1. The van der Waals surface area contributed by atoms with Crippen LogP contribution in [0.2, 0.25) is 0 Å². The molecule has 1 atom stereocenters. The average molecular weight is 332 g/mol. The van der Waals surface area contributed by atoms with Gasteiger partial charge in [-0.1, -0.05) is 19.3 Å². The topological polar surface area (TPSA) is 84.5 Å². The molecule has 2 N–H and O–H groups in total. The molecule has 2 rings (SSSR count). The molecule has 6 nitrogen and oxygen atoms in total. The third-order valence-corrected chi connectivity index (χ3v) is 4.05. The Bertz CT molecular complexity index is 592. The van der Waals surface area contributed by atoms with Crippen LogP contribution in [0.1, 0.15) is 56.3 Å². The zero-order chi connectivity index (χ0) is 17.5. The van der Waals surface area contributed by atoms with Gasteiger partial charge >= 0.3 is 5.97 Å². The Balaban J connectivity index is 1.85. The quantitative estimate of drug-likeness (QED) is 0.812. The fourth-order valence-corrected chi connectivity index (χ4v) is 2.74. The monoisotopic (exact) mass is 332 g/mol. The number of hydrogen-bond acceptors (Lipinski definition) is 4. The molecule has 1 aromatic rings. The largest absolute Gasteiger partial charge is 0.449 e. The molecule has 1 aliphatic rings. The number of carbonyl (C=O) groups excluding carboxylic acids is 3. The van der Waals surface area contributed by atoms with Crippen molar-refractivity contribution in [1.29, 1.82) is 0 Å². The van der Waals surface area contributed by atoms with Gasteiger partial charge < -0.3 is 15.4 Å². The first-order valence-electron chi connectivity index (χ1n) is 8.34. The molecule has 130 valence electrons. The second-order valence-corrected chi connectivity index (χ2v) is 6.15. The summed E-state index contributed by atoms with van der Waals surface area (Å²) in [6.07, 6.45) is 4.59. The number of ether oxygens (including phenoxy) is 1. The minimum absolute atomic E-state index is 0.182. The van der Waals surface area contributed by atoms with E-state index in [2.05, 4.69) is 10.6 Å². The van der Waals surface area contributed by atoms with Gasteiger partial charge in [-0.3, -0.25) is 9.59 Å². The molecule has 0 heterocycles. The molecule has 0 aromatic heterocycles. The second kappa shape index (κ2) is 8.47. The highest BCUT2D eigenvalue weighted by atomic mass is 16.5. The van der Waals surface area contributed by atoms with Crippen LogP contribution in [0, 0.1) is 0 Å². The summed E-state index contributed by atoms with van der Waals surface area (Å²) in [7, 11) is 0. The highest BCUT2D eigenvalue weighted by molar-refractivity contribution is 5.93. The zero-order valence-electron chi connectivity index (χ0n) is 14.1. The minimum Gasteiger partial charge on any atom is -0.449 e. The lowest BCUT2D eigenvalue weighted by molar-refractivity contribution is -0.130. The van der Waals surface area contributed by atoms with E-state index in [0.717, 1.165) is 25.7 Å². The SMILES string of the molecule is CC(=O)Nc1ccc(C(=O)OC(C)C(=O)NC2CCCCC2)cc1. The predicted octanol–water partition coefficient (Wildman–Crippen LogP) is 2.64. The van der Waals surface area contributed by atoms with E-state index < -0.39 is 12.1 Å². The van der Waals surface area contributed by atoms with Gasteiger partial charge in [0.25, 0.3) is 5.91 Å². The molecular formula is C18H24N2O4. The van der Waals surface area contributed by atoms with Gasteiger partial charge in [-0.05, 0) is 44.0 Å².